The molecule has 1 N–H and O–H groups in total. The van der Waals surface area contributed by atoms with E-state index >= 15 is 0 Å². The zero-order valence-electron chi connectivity index (χ0n) is 25.7. The first-order valence-electron chi connectivity index (χ1n) is 14.5. The van der Waals surface area contributed by atoms with Crippen molar-refractivity contribution in [2.75, 3.05) is 14.1 Å². The predicted octanol–water partition coefficient (Wildman–Crippen LogP) is 5.19. The summed E-state index contributed by atoms with van der Waals surface area (Å²) in [7, 11) is -3.74. The monoisotopic (exact) mass is 679 g/mol. The molecule has 14 heteroatoms. The maximum atomic E-state index is 12.7. The summed E-state index contributed by atoms with van der Waals surface area (Å²) in [6.07, 6.45) is 10.7. The maximum Gasteiger partial charge on any atom is 0.269 e. The van der Waals surface area contributed by atoms with E-state index in [1.54, 1.807) is 90.2 Å². The minimum atomic E-state index is -3.73. The van der Waals surface area contributed by atoms with Crippen LogP contribution in [0, 0.1) is 0 Å². The summed E-state index contributed by atoms with van der Waals surface area (Å²) in [5.41, 5.74) is 2.78. The highest BCUT2D eigenvalue weighted by Gasteiger charge is 2.21. The van der Waals surface area contributed by atoms with E-state index in [4.69, 9.17) is 0 Å². The summed E-state index contributed by atoms with van der Waals surface area (Å²) in [6.45, 7) is 0. The highest BCUT2D eigenvalue weighted by molar-refractivity contribution is 7.90. The van der Waals surface area contributed by atoms with Gasteiger partial charge in [-0.2, -0.15) is 5.10 Å². The molecule has 2 aromatic carbocycles. The third-order valence-corrected chi connectivity index (χ3v) is 10.6. The van der Waals surface area contributed by atoms with E-state index in [9.17, 15) is 21.6 Å². The zero-order chi connectivity index (χ0) is 33.9. The lowest BCUT2D eigenvalue weighted by Gasteiger charge is -2.07. The summed E-state index contributed by atoms with van der Waals surface area (Å²) < 4.78 is 53.3. The number of allylic oxidation sites excluding steroid dienone is 1. The van der Waals surface area contributed by atoms with Crippen LogP contribution in [-0.2, 0) is 20.0 Å². The van der Waals surface area contributed by atoms with E-state index in [2.05, 4.69) is 20.2 Å². The van der Waals surface area contributed by atoms with Crippen LogP contribution in [0.25, 0.3) is 33.3 Å². The quantitative estimate of drug-likeness (QED) is 0.169. The van der Waals surface area contributed by atoms with Crippen molar-refractivity contribution in [2.24, 2.45) is 0 Å². The number of nitrogens with zero attached hydrogens (tertiary/aromatic N) is 6. The van der Waals surface area contributed by atoms with E-state index < -0.39 is 20.0 Å². The molecule has 0 aliphatic rings. The van der Waals surface area contributed by atoms with Crippen LogP contribution in [0.4, 0.5) is 0 Å². The molecule has 0 radical (unpaired) electrons. The molecule has 0 spiro atoms. The van der Waals surface area contributed by atoms with Crippen LogP contribution in [0.15, 0.2) is 144 Å². The van der Waals surface area contributed by atoms with E-state index in [0.29, 0.717) is 16.6 Å². The molecular formula is C34H29N7O5S2. The largest absolute Gasteiger partial charge is 0.383 e. The highest BCUT2D eigenvalue weighted by Crippen LogP contribution is 2.25. The van der Waals surface area contributed by atoms with Gasteiger partial charge in [0.15, 0.2) is 17.1 Å². The molecule has 5 aromatic heterocycles. The lowest BCUT2D eigenvalue weighted by molar-refractivity contribution is 0.104. The van der Waals surface area contributed by atoms with Crippen molar-refractivity contribution in [1.29, 1.82) is 0 Å². The molecule has 7 aromatic rings. The highest BCUT2D eigenvalue weighted by atomic mass is 32.2. The number of aromatic nitrogens is 6. The molecule has 12 nitrogen and oxygen atoms in total. The van der Waals surface area contributed by atoms with E-state index in [-0.39, 0.29) is 21.2 Å². The number of carbonyl (C=O) groups excluding carboxylic acids is 1. The van der Waals surface area contributed by atoms with Gasteiger partial charge in [-0.1, -0.05) is 36.4 Å². The molecule has 0 fully saturated rings. The van der Waals surface area contributed by atoms with Crippen molar-refractivity contribution in [3.05, 3.63) is 140 Å². The second-order valence-corrected chi connectivity index (χ2v) is 14.4. The number of benzene rings is 2. The third-order valence-electron chi connectivity index (χ3n) is 7.21. The molecule has 0 bridgehead atoms. The number of pyridine rings is 2. The molecule has 0 saturated carbocycles. The number of carbonyl (C=O) groups is 1. The van der Waals surface area contributed by atoms with Gasteiger partial charge in [0.2, 0.25) is 0 Å². The smallest absolute Gasteiger partial charge is 0.269 e. The fourth-order valence-electron chi connectivity index (χ4n) is 4.81. The number of ketones is 1. The fourth-order valence-corrected chi connectivity index (χ4v) is 7.47. The average Bonchev–Trinajstić information content (AvgIpc) is 3.88. The second kappa shape index (κ2) is 13.1. The van der Waals surface area contributed by atoms with Gasteiger partial charge in [-0.3, -0.25) is 9.89 Å². The van der Waals surface area contributed by atoms with Crippen molar-refractivity contribution in [1.82, 2.24) is 33.0 Å². The van der Waals surface area contributed by atoms with Crippen LogP contribution in [0.3, 0.4) is 0 Å². The minimum absolute atomic E-state index is 0.184. The Kier molecular flexibility index (Phi) is 8.76. The standard InChI is InChI=1S/C18H17N3O3S.C16H12N4O2S/c1-20(2)10-9-17(22)15-12-14-8-11-21(18(14)19-13-15)25(23,24)16-6-4-3-5-7-16;21-23(22,14-4-2-1-3-5-14)20-9-7-12-10-13(11-17-16(12)20)15-6-8-18-19-15/h3-13H,1-2H3;1-11H,(H,18,19)/b10-9+;. The summed E-state index contributed by atoms with van der Waals surface area (Å²) >= 11 is 0. The third kappa shape index (κ3) is 6.38. The molecule has 0 aliphatic carbocycles. The Morgan fingerprint density at radius 2 is 1.27 bits per heavy atom. The molecule has 5 heterocycles. The van der Waals surface area contributed by atoms with Crippen molar-refractivity contribution in [2.45, 2.75) is 9.79 Å². The summed E-state index contributed by atoms with van der Waals surface area (Å²) in [6, 6.07) is 25.2. The maximum absolute atomic E-state index is 12.7. The topological polar surface area (TPSA) is 153 Å². The average molecular weight is 680 g/mol. The van der Waals surface area contributed by atoms with Crippen LogP contribution in [0.5, 0.6) is 0 Å². The van der Waals surface area contributed by atoms with Crippen LogP contribution < -0.4 is 0 Å². The molecular weight excluding hydrogens is 651 g/mol. The Morgan fingerprint density at radius 1 is 0.729 bits per heavy atom. The normalized spacial score (nSPS) is 11.9. The Morgan fingerprint density at radius 3 is 1.79 bits per heavy atom. The van der Waals surface area contributed by atoms with Crippen molar-refractivity contribution < 1.29 is 21.6 Å². The molecule has 0 amide bonds. The molecule has 242 valence electrons. The van der Waals surface area contributed by atoms with Gasteiger partial charge in [0, 0.05) is 79.3 Å². The van der Waals surface area contributed by atoms with Gasteiger partial charge in [0.25, 0.3) is 20.0 Å². The van der Waals surface area contributed by atoms with Crippen LogP contribution in [0.1, 0.15) is 10.4 Å². The SMILES string of the molecule is CN(C)/C=C/C(=O)c1cnc2c(ccn2S(=O)(=O)c2ccccc2)c1.O=S(=O)(c1ccccc1)n1ccc2cc(-c3ccn[nH]3)cnc21. The molecule has 0 atom stereocenters. The first kappa shape index (κ1) is 32.1. The second-order valence-electron chi connectivity index (χ2n) is 10.7. The van der Waals surface area contributed by atoms with Gasteiger partial charge in [0.1, 0.15) is 0 Å². The van der Waals surface area contributed by atoms with Crippen LogP contribution in [0.2, 0.25) is 0 Å². The minimum Gasteiger partial charge on any atom is -0.383 e. The number of aromatic amines is 1. The van der Waals surface area contributed by atoms with Crippen LogP contribution in [-0.4, -0.2) is 69.7 Å². The number of hydrogen-bond donors (Lipinski definition) is 1. The van der Waals surface area contributed by atoms with Gasteiger partial charge >= 0.3 is 0 Å². The van der Waals surface area contributed by atoms with E-state index in [0.717, 1.165) is 20.6 Å². The Bertz CT molecular complexity index is 2470. The molecule has 48 heavy (non-hydrogen) atoms. The number of rotatable bonds is 8. The van der Waals surface area contributed by atoms with Crippen molar-refractivity contribution in [3.63, 3.8) is 0 Å². The first-order valence-corrected chi connectivity index (χ1v) is 17.4. The fraction of sp³-hybridized carbons (Fsp3) is 0.0588. The lowest BCUT2D eigenvalue weighted by atomic mass is 10.1. The van der Waals surface area contributed by atoms with E-state index in [1.165, 1.54) is 40.8 Å². The number of H-pyrrole nitrogens is 1. The van der Waals surface area contributed by atoms with Crippen molar-refractivity contribution in [3.8, 4) is 11.3 Å². The Labute approximate surface area is 276 Å². The lowest BCUT2D eigenvalue weighted by Crippen LogP contribution is -2.12. The molecule has 0 aliphatic heterocycles. The number of hydrogen-bond acceptors (Lipinski definition) is 9. The van der Waals surface area contributed by atoms with Gasteiger partial charge in [-0.25, -0.2) is 34.7 Å². The van der Waals surface area contributed by atoms with E-state index in [1.807, 2.05) is 26.2 Å². The van der Waals surface area contributed by atoms with Crippen LogP contribution >= 0.6 is 0 Å². The molecule has 0 saturated heterocycles. The Balaban J connectivity index is 0.000000168. The Hall–Kier alpha value is -5.86. The predicted molar refractivity (Wildman–Crippen MR) is 182 cm³/mol. The van der Waals surface area contributed by atoms with Gasteiger partial charge in [-0.05, 0) is 54.6 Å². The summed E-state index contributed by atoms with van der Waals surface area (Å²) in [4.78, 5) is 22.8. The van der Waals surface area contributed by atoms with Crippen molar-refractivity contribution >= 4 is 47.9 Å². The van der Waals surface area contributed by atoms with Gasteiger partial charge in [0.05, 0.1) is 15.5 Å². The first-order chi connectivity index (χ1) is 23.1. The molecule has 0 unspecified atom stereocenters. The number of fused-ring (bicyclic) bond motifs is 2. The summed E-state index contributed by atoms with van der Waals surface area (Å²) in [5.74, 6) is -0.193. The summed E-state index contributed by atoms with van der Waals surface area (Å²) in [5, 5.41) is 8.11. The zero-order valence-corrected chi connectivity index (χ0v) is 27.4. The number of nitrogens with one attached hydrogen (secondary N) is 1. The van der Waals surface area contributed by atoms with Gasteiger partial charge < -0.3 is 4.90 Å². The molecule has 7 rings (SSSR count). The van der Waals surface area contributed by atoms with Gasteiger partial charge in [-0.15, -0.1) is 0 Å².